The van der Waals surface area contributed by atoms with Crippen molar-refractivity contribution >= 4 is 0 Å². The van der Waals surface area contributed by atoms with Crippen molar-refractivity contribution in [1.29, 1.82) is 0 Å². The fourth-order valence-electron chi connectivity index (χ4n) is 0.824. The molecule has 1 N–H and O–H groups in total. The van der Waals surface area contributed by atoms with E-state index in [0.717, 1.165) is 32.0 Å². The summed E-state index contributed by atoms with van der Waals surface area (Å²) in [5, 5.41) is 8.24. The van der Waals surface area contributed by atoms with Gasteiger partial charge in [0.1, 0.15) is 0 Å². The third-order valence-corrected chi connectivity index (χ3v) is 1.89. The molecule has 0 unspecified atom stereocenters. The summed E-state index contributed by atoms with van der Waals surface area (Å²) in [6.07, 6.45) is 3.26. The van der Waals surface area contributed by atoms with Crippen LogP contribution in [0, 0.1) is 11.8 Å². The SMILES string of the molecule is C.CC(C)CCO.CCCOCCC(C)C. The molecule has 0 saturated heterocycles. The Morgan fingerprint density at radius 2 is 1.44 bits per heavy atom. The van der Waals surface area contributed by atoms with E-state index in [4.69, 9.17) is 9.84 Å². The minimum Gasteiger partial charge on any atom is -0.396 e. The van der Waals surface area contributed by atoms with Crippen molar-refractivity contribution in [3.05, 3.63) is 0 Å². The van der Waals surface area contributed by atoms with Crippen molar-refractivity contribution in [2.45, 2.75) is 61.3 Å². The molecular formula is C14H34O2. The minimum absolute atomic E-state index is 0. The topological polar surface area (TPSA) is 29.5 Å². The minimum atomic E-state index is 0. The van der Waals surface area contributed by atoms with Gasteiger partial charge in [0.15, 0.2) is 0 Å². The zero-order valence-electron chi connectivity index (χ0n) is 11.3. The van der Waals surface area contributed by atoms with Gasteiger partial charge in [-0.3, -0.25) is 0 Å². The van der Waals surface area contributed by atoms with Crippen molar-refractivity contribution in [3.8, 4) is 0 Å². The van der Waals surface area contributed by atoms with E-state index < -0.39 is 0 Å². The molecule has 2 heteroatoms. The summed E-state index contributed by atoms with van der Waals surface area (Å²) in [7, 11) is 0. The molecule has 0 aromatic heterocycles. The van der Waals surface area contributed by atoms with Gasteiger partial charge >= 0.3 is 0 Å². The molecule has 2 nitrogen and oxygen atoms in total. The fraction of sp³-hybridized carbons (Fsp3) is 1.00. The van der Waals surface area contributed by atoms with Crippen LogP contribution in [0.3, 0.4) is 0 Å². The van der Waals surface area contributed by atoms with Crippen LogP contribution in [0.4, 0.5) is 0 Å². The van der Waals surface area contributed by atoms with Gasteiger partial charge in [0.2, 0.25) is 0 Å². The molecule has 0 radical (unpaired) electrons. The molecule has 0 aromatic carbocycles. The second-order valence-electron chi connectivity index (χ2n) is 4.70. The molecule has 0 heterocycles. The predicted molar refractivity (Wildman–Crippen MR) is 73.8 cm³/mol. The molecule has 0 fully saturated rings. The average Bonchev–Trinajstić information content (AvgIpc) is 2.13. The van der Waals surface area contributed by atoms with Crippen LogP contribution in [0.15, 0.2) is 0 Å². The zero-order chi connectivity index (χ0) is 12.1. The molecule has 0 aliphatic rings. The number of hydrogen-bond acceptors (Lipinski definition) is 2. The van der Waals surface area contributed by atoms with Gasteiger partial charge in [-0.25, -0.2) is 0 Å². The number of aliphatic hydroxyl groups excluding tert-OH is 1. The molecule has 102 valence electrons. The highest BCUT2D eigenvalue weighted by Crippen LogP contribution is 1.98. The van der Waals surface area contributed by atoms with E-state index in [9.17, 15) is 0 Å². The Labute approximate surface area is 103 Å². The molecule has 0 saturated carbocycles. The Morgan fingerprint density at radius 1 is 0.938 bits per heavy atom. The molecule has 0 bridgehead atoms. The van der Waals surface area contributed by atoms with Gasteiger partial charge in [0.25, 0.3) is 0 Å². The summed E-state index contributed by atoms with van der Waals surface area (Å²) in [4.78, 5) is 0. The van der Waals surface area contributed by atoms with Gasteiger partial charge in [-0.05, 0) is 31.1 Å². The first-order chi connectivity index (χ1) is 7.04. The van der Waals surface area contributed by atoms with Crippen molar-refractivity contribution in [3.63, 3.8) is 0 Å². The number of rotatable bonds is 7. The van der Waals surface area contributed by atoms with E-state index in [2.05, 4.69) is 34.6 Å². The summed E-state index contributed by atoms with van der Waals surface area (Å²) >= 11 is 0. The lowest BCUT2D eigenvalue weighted by Gasteiger charge is -2.03. The first-order valence-electron chi connectivity index (χ1n) is 6.23. The van der Waals surface area contributed by atoms with Gasteiger partial charge < -0.3 is 9.84 Å². The molecule has 0 spiro atoms. The quantitative estimate of drug-likeness (QED) is 0.671. The van der Waals surface area contributed by atoms with Crippen LogP contribution in [0.5, 0.6) is 0 Å². The van der Waals surface area contributed by atoms with E-state index in [0.29, 0.717) is 12.5 Å². The van der Waals surface area contributed by atoms with E-state index in [1.807, 2.05) is 0 Å². The van der Waals surface area contributed by atoms with Gasteiger partial charge in [0, 0.05) is 19.8 Å². The monoisotopic (exact) mass is 234 g/mol. The predicted octanol–water partition coefficient (Wildman–Crippen LogP) is 4.12. The smallest absolute Gasteiger partial charge is 0.0468 e. The van der Waals surface area contributed by atoms with Crippen LogP contribution in [0.25, 0.3) is 0 Å². The maximum absolute atomic E-state index is 8.24. The average molecular weight is 234 g/mol. The summed E-state index contributed by atoms with van der Waals surface area (Å²) in [6.45, 7) is 12.9. The second-order valence-corrected chi connectivity index (χ2v) is 4.70. The molecule has 0 atom stereocenters. The van der Waals surface area contributed by atoms with Gasteiger partial charge in [0.05, 0.1) is 0 Å². The number of hydrogen-bond donors (Lipinski definition) is 1. The summed E-state index contributed by atoms with van der Waals surface area (Å²) < 4.78 is 5.29. The normalized spacial score (nSPS) is 9.75. The maximum Gasteiger partial charge on any atom is 0.0468 e. The highest BCUT2D eigenvalue weighted by Gasteiger charge is 1.91. The van der Waals surface area contributed by atoms with Crippen molar-refractivity contribution in [1.82, 2.24) is 0 Å². The lowest BCUT2D eigenvalue weighted by Crippen LogP contribution is -1.99. The summed E-state index contributed by atoms with van der Waals surface area (Å²) in [6, 6.07) is 0. The highest BCUT2D eigenvalue weighted by atomic mass is 16.5. The standard InChI is InChI=1S/C8H18O.C5H12O.CH4/c1-4-6-9-7-5-8(2)3;1-5(2)3-4-6;/h8H,4-7H2,1-3H3;5-6H,3-4H2,1-2H3;1H4. The van der Waals surface area contributed by atoms with Crippen LogP contribution in [0.2, 0.25) is 0 Å². The van der Waals surface area contributed by atoms with Crippen LogP contribution in [-0.2, 0) is 4.74 Å². The Balaban J connectivity index is -0.000000214. The van der Waals surface area contributed by atoms with Crippen LogP contribution < -0.4 is 0 Å². The van der Waals surface area contributed by atoms with Gasteiger partial charge in [-0.2, -0.15) is 0 Å². The van der Waals surface area contributed by atoms with Crippen molar-refractivity contribution in [2.75, 3.05) is 19.8 Å². The van der Waals surface area contributed by atoms with Crippen molar-refractivity contribution in [2.24, 2.45) is 11.8 Å². The first kappa shape index (κ1) is 21.2. The summed E-state index contributed by atoms with van der Waals surface area (Å²) in [5.41, 5.74) is 0. The zero-order valence-corrected chi connectivity index (χ0v) is 11.3. The molecule has 0 rings (SSSR count). The highest BCUT2D eigenvalue weighted by molar-refractivity contribution is 4.41. The molecule has 0 aliphatic carbocycles. The Kier molecular flexibility index (Phi) is 23.0. The molecule has 0 aliphatic heterocycles. The third kappa shape index (κ3) is 29.2. The molecule has 0 aromatic rings. The lowest BCUT2D eigenvalue weighted by molar-refractivity contribution is 0.124. The van der Waals surface area contributed by atoms with Crippen LogP contribution in [0.1, 0.15) is 61.3 Å². The van der Waals surface area contributed by atoms with Crippen LogP contribution >= 0.6 is 0 Å². The Hall–Kier alpha value is -0.0800. The van der Waals surface area contributed by atoms with E-state index >= 15 is 0 Å². The second kappa shape index (κ2) is 17.3. The Bertz CT molecular complexity index is 101. The van der Waals surface area contributed by atoms with E-state index in [1.165, 1.54) is 6.42 Å². The van der Waals surface area contributed by atoms with Crippen LogP contribution in [-0.4, -0.2) is 24.9 Å². The molecule has 0 amide bonds. The third-order valence-electron chi connectivity index (χ3n) is 1.89. The van der Waals surface area contributed by atoms with E-state index in [1.54, 1.807) is 0 Å². The Morgan fingerprint density at radius 3 is 1.69 bits per heavy atom. The molecule has 16 heavy (non-hydrogen) atoms. The van der Waals surface area contributed by atoms with E-state index in [-0.39, 0.29) is 7.43 Å². The first-order valence-corrected chi connectivity index (χ1v) is 6.23. The maximum atomic E-state index is 8.24. The van der Waals surface area contributed by atoms with Gasteiger partial charge in [-0.15, -0.1) is 0 Å². The fourth-order valence-corrected chi connectivity index (χ4v) is 0.824. The number of ether oxygens (including phenoxy) is 1. The lowest BCUT2D eigenvalue weighted by atomic mass is 10.1. The van der Waals surface area contributed by atoms with Gasteiger partial charge in [-0.1, -0.05) is 42.0 Å². The largest absolute Gasteiger partial charge is 0.396 e. The summed E-state index contributed by atoms with van der Waals surface area (Å²) in [5.74, 6) is 1.43. The molecular weight excluding hydrogens is 200 g/mol. The number of aliphatic hydroxyl groups is 1. The van der Waals surface area contributed by atoms with Crippen molar-refractivity contribution < 1.29 is 9.84 Å².